The molecule has 1 N–H and O–H groups in total. The molecule has 0 fully saturated rings. The molecule has 0 aliphatic heterocycles. The fourth-order valence-electron chi connectivity index (χ4n) is 4.18. The Morgan fingerprint density at radius 3 is 2.07 bits per heavy atom. The first kappa shape index (κ1) is 32.3. The number of ether oxygens (including phenoxy) is 2. The Kier molecular flexibility index (Phi) is 11.1. The summed E-state index contributed by atoms with van der Waals surface area (Å²) in [7, 11) is -0.0733. The number of nitrogens with zero attached hydrogens (tertiary/aromatic N) is 2. The average Bonchev–Trinajstić information content (AvgIpc) is 2.96. The van der Waals surface area contributed by atoms with Crippen molar-refractivity contribution in [3.8, 4) is 11.5 Å². The fourth-order valence-corrected chi connectivity index (χ4v) is 6.25. The minimum absolute atomic E-state index is 0.131. The van der Waals surface area contributed by atoms with E-state index in [1.807, 2.05) is 0 Å². The highest BCUT2D eigenvalue weighted by Gasteiger charge is 2.34. The molecule has 0 bridgehead atoms. The third-order valence-electron chi connectivity index (χ3n) is 6.36. The van der Waals surface area contributed by atoms with Gasteiger partial charge in [0.1, 0.15) is 12.6 Å². The molecule has 3 aromatic carbocycles. The summed E-state index contributed by atoms with van der Waals surface area (Å²) in [6, 6.07) is 14.1. The lowest BCUT2D eigenvalue weighted by Gasteiger charge is -2.33. The molecule has 0 spiro atoms. The molecule has 0 saturated carbocycles. The zero-order valence-electron chi connectivity index (χ0n) is 22.9. The van der Waals surface area contributed by atoms with Crippen molar-refractivity contribution >= 4 is 62.3 Å². The minimum Gasteiger partial charge on any atom is -0.493 e. The smallest absolute Gasteiger partial charge is 0.264 e. The number of halogens is 3. The van der Waals surface area contributed by atoms with Crippen LogP contribution in [0.2, 0.25) is 15.1 Å². The Hall–Kier alpha value is -3.18. The summed E-state index contributed by atoms with van der Waals surface area (Å²) in [6.45, 7) is 0.966. The van der Waals surface area contributed by atoms with E-state index >= 15 is 0 Å². The van der Waals surface area contributed by atoms with Gasteiger partial charge >= 0.3 is 0 Å². The summed E-state index contributed by atoms with van der Waals surface area (Å²) in [5.74, 6) is -0.559. The van der Waals surface area contributed by atoms with E-state index in [1.165, 1.54) is 68.6 Å². The molecular weight excluding hydrogens is 613 g/mol. The summed E-state index contributed by atoms with van der Waals surface area (Å²) in [5.41, 5.74) is 0.605. The maximum atomic E-state index is 14.0. The molecule has 0 aromatic heterocycles. The molecule has 0 heterocycles. The minimum atomic E-state index is -4.35. The number of carbonyl (C=O) groups excluding carboxylic acids is 2. The average molecular weight is 643 g/mol. The van der Waals surface area contributed by atoms with Crippen LogP contribution in [0.3, 0.4) is 0 Å². The van der Waals surface area contributed by atoms with E-state index in [0.717, 1.165) is 4.31 Å². The highest BCUT2D eigenvalue weighted by Crippen LogP contribution is 2.33. The van der Waals surface area contributed by atoms with E-state index in [1.54, 1.807) is 25.1 Å². The van der Waals surface area contributed by atoms with Crippen molar-refractivity contribution in [1.82, 2.24) is 10.2 Å². The van der Waals surface area contributed by atoms with Gasteiger partial charge in [-0.3, -0.25) is 13.9 Å². The summed E-state index contributed by atoms with van der Waals surface area (Å²) >= 11 is 18.9. The van der Waals surface area contributed by atoms with Crippen molar-refractivity contribution in [3.05, 3.63) is 81.3 Å². The Labute approximate surface area is 254 Å². The number of rotatable bonds is 12. The molecular formula is C28H30Cl3N3O6S. The van der Waals surface area contributed by atoms with Crippen LogP contribution in [0.4, 0.5) is 5.69 Å². The van der Waals surface area contributed by atoms with Crippen LogP contribution in [0.25, 0.3) is 0 Å². The molecule has 3 aromatic rings. The highest BCUT2D eigenvalue weighted by atomic mass is 35.5. The molecule has 2 amide bonds. The first-order valence-corrected chi connectivity index (χ1v) is 15.0. The molecule has 1 atom stereocenters. The van der Waals surface area contributed by atoms with E-state index in [9.17, 15) is 18.0 Å². The predicted molar refractivity (Wildman–Crippen MR) is 161 cm³/mol. The monoisotopic (exact) mass is 641 g/mol. The van der Waals surface area contributed by atoms with Gasteiger partial charge in [-0.05, 0) is 55.0 Å². The van der Waals surface area contributed by atoms with Crippen LogP contribution in [-0.4, -0.2) is 59.0 Å². The number of methoxy groups -OCH3 is 2. The summed E-state index contributed by atoms with van der Waals surface area (Å²) in [5, 5.41) is 3.55. The summed E-state index contributed by atoms with van der Waals surface area (Å²) in [6.07, 6.45) is 0.247. The largest absolute Gasteiger partial charge is 0.493 e. The van der Waals surface area contributed by atoms with E-state index in [4.69, 9.17) is 44.3 Å². The highest BCUT2D eigenvalue weighted by molar-refractivity contribution is 7.92. The van der Waals surface area contributed by atoms with E-state index < -0.39 is 34.4 Å². The van der Waals surface area contributed by atoms with Crippen molar-refractivity contribution in [2.75, 3.05) is 32.1 Å². The lowest BCUT2D eigenvalue weighted by molar-refractivity contribution is -0.140. The van der Waals surface area contributed by atoms with Crippen molar-refractivity contribution in [3.63, 3.8) is 0 Å². The lowest BCUT2D eigenvalue weighted by Crippen LogP contribution is -2.51. The second-order valence-electron chi connectivity index (χ2n) is 8.77. The zero-order valence-corrected chi connectivity index (χ0v) is 25.9. The second kappa shape index (κ2) is 14.1. The second-order valence-corrected chi connectivity index (χ2v) is 11.9. The Bertz CT molecular complexity index is 1480. The van der Waals surface area contributed by atoms with Crippen molar-refractivity contribution in [2.45, 2.75) is 30.8 Å². The SMILES string of the molecule is CC[C@H](C(=O)NC)N(Cc1c(Cl)cccc1Cl)C(=O)CN(c1ccc(Cl)cc1)S(=O)(=O)c1ccc(OC)c(OC)c1. The van der Waals surface area contributed by atoms with Gasteiger partial charge in [0, 0.05) is 40.3 Å². The number of hydrogen-bond acceptors (Lipinski definition) is 6. The third-order valence-corrected chi connectivity index (χ3v) is 9.09. The first-order chi connectivity index (χ1) is 19.5. The zero-order chi connectivity index (χ0) is 30.3. The molecule has 0 radical (unpaired) electrons. The van der Waals surface area contributed by atoms with Crippen LogP contribution in [-0.2, 0) is 26.2 Å². The molecule has 0 saturated heterocycles. The molecule has 3 rings (SSSR count). The third kappa shape index (κ3) is 7.37. The molecule has 0 unspecified atom stereocenters. The van der Waals surface area contributed by atoms with Gasteiger partial charge in [0.25, 0.3) is 10.0 Å². The van der Waals surface area contributed by atoms with Crippen molar-refractivity contribution in [2.24, 2.45) is 0 Å². The number of nitrogens with one attached hydrogen (secondary N) is 1. The Morgan fingerprint density at radius 1 is 0.927 bits per heavy atom. The van der Waals surface area contributed by atoms with E-state index in [0.29, 0.717) is 26.4 Å². The van der Waals surface area contributed by atoms with Gasteiger partial charge in [-0.15, -0.1) is 0 Å². The molecule has 220 valence electrons. The quantitative estimate of drug-likeness (QED) is 0.283. The maximum Gasteiger partial charge on any atom is 0.264 e. The number of likely N-dealkylation sites (N-methyl/N-ethyl adjacent to an activating group) is 1. The number of anilines is 1. The van der Waals surface area contributed by atoms with E-state index in [-0.39, 0.29) is 29.3 Å². The molecule has 13 heteroatoms. The maximum absolute atomic E-state index is 14.0. The standard InChI is InChI=1S/C28H30Cl3N3O6S/c1-5-24(28(36)32-2)33(16-21-22(30)7-6-8-23(21)31)27(35)17-34(19-11-9-18(29)10-12-19)41(37,38)20-13-14-25(39-3)26(15-20)40-4/h6-15,24H,5,16-17H2,1-4H3,(H,32,36)/t24-/m1/s1. The van der Waals surface area contributed by atoms with Gasteiger partial charge in [-0.2, -0.15) is 0 Å². The first-order valence-electron chi connectivity index (χ1n) is 12.4. The normalized spacial score (nSPS) is 11.9. The fraction of sp³-hybridized carbons (Fsp3) is 0.286. The Morgan fingerprint density at radius 2 is 1.54 bits per heavy atom. The van der Waals surface area contributed by atoms with Crippen LogP contribution < -0.4 is 19.1 Å². The van der Waals surface area contributed by atoms with Gasteiger partial charge in [0.05, 0.1) is 24.8 Å². The van der Waals surface area contributed by atoms with Crippen molar-refractivity contribution in [1.29, 1.82) is 0 Å². The molecule has 41 heavy (non-hydrogen) atoms. The van der Waals surface area contributed by atoms with Crippen LogP contribution in [0.5, 0.6) is 11.5 Å². The Balaban J connectivity index is 2.13. The van der Waals surface area contributed by atoms with Gasteiger partial charge in [0.2, 0.25) is 11.8 Å². The number of benzene rings is 3. The van der Waals surface area contributed by atoms with Gasteiger partial charge in [-0.1, -0.05) is 47.8 Å². The van der Waals surface area contributed by atoms with Gasteiger partial charge in [-0.25, -0.2) is 8.42 Å². The van der Waals surface area contributed by atoms with Crippen molar-refractivity contribution < 1.29 is 27.5 Å². The molecule has 0 aliphatic rings. The van der Waals surface area contributed by atoms with Gasteiger partial charge in [0.15, 0.2) is 11.5 Å². The molecule has 0 aliphatic carbocycles. The van der Waals surface area contributed by atoms with Crippen LogP contribution >= 0.6 is 34.8 Å². The van der Waals surface area contributed by atoms with Crippen LogP contribution in [0.15, 0.2) is 65.6 Å². The van der Waals surface area contributed by atoms with Gasteiger partial charge < -0.3 is 19.7 Å². The van der Waals surface area contributed by atoms with E-state index in [2.05, 4.69) is 5.32 Å². The predicted octanol–water partition coefficient (Wildman–Crippen LogP) is 5.41. The number of hydrogen-bond donors (Lipinski definition) is 1. The van der Waals surface area contributed by atoms with Crippen LogP contribution in [0.1, 0.15) is 18.9 Å². The molecule has 9 nitrogen and oxygen atoms in total. The lowest BCUT2D eigenvalue weighted by atomic mass is 10.1. The number of amides is 2. The number of carbonyl (C=O) groups is 2. The number of sulfonamides is 1. The summed E-state index contributed by atoms with van der Waals surface area (Å²) in [4.78, 5) is 28.0. The topological polar surface area (TPSA) is 105 Å². The summed E-state index contributed by atoms with van der Waals surface area (Å²) < 4.78 is 39.6. The van der Waals surface area contributed by atoms with Crippen LogP contribution in [0, 0.1) is 0 Å².